The Morgan fingerprint density at radius 2 is 2.17 bits per heavy atom. The average molecular weight is 316 g/mol. The van der Waals surface area contributed by atoms with Crippen LogP contribution in [0, 0.1) is 15.9 Å². The molecule has 0 spiro atoms. The summed E-state index contributed by atoms with van der Waals surface area (Å²) < 4.78 is 13.8. The molecular weight excluding hydrogens is 303 g/mol. The summed E-state index contributed by atoms with van der Waals surface area (Å²) in [7, 11) is 0. The van der Waals surface area contributed by atoms with Gasteiger partial charge < -0.3 is 4.90 Å². The third-order valence-electron chi connectivity index (χ3n) is 3.75. The minimum Gasteiger partial charge on any atom is -0.333 e. The van der Waals surface area contributed by atoms with E-state index in [2.05, 4.69) is 10.2 Å². The van der Waals surface area contributed by atoms with Gasteiger partial charge in [0.15, 0.2) is 0 Å². The Morgan fingerprint density at radius 3 is 2.83 bits per heavy atom. The predicted molar refractivity (Wildman–Crippen MR) is 80.1 cm³/mol. The Kier molecular flexibility index (Phi) is 3.88. The van der Waals surface area contributed by atoms with Crippen molar-refractivity contribution in [2.24, 2.45) is 0 Å². The fourth-order valence-electron chi connectivity index (χ4n) is 2.55. The zero-order chi connectivity index (χ0) is 16.4. The monoisotopic (exact) mass is 316 g/mol. The van der Waals surface area contributed by atoms with E-state index in [1.54, 1.807) is 24.3 Å². The van der Waals surface area contributed by atoms with E-state index in [1.165, 1.54) is 11.0 Å². The Hall–Kier alpha value is -3.03. The Morgan fingerprint density at radius 1 is 1.39 bits per heavy atom. The van der Waals surface area contributed by atoms with E-state index >= 15 is 0 Å². The van der Waals surface area contributed by atoms with E-state index in [9.17, 15) is 19.3 Å². The van der Waals surface area contributed by atoms with Crippen molar-refractivity contribution in [1.29, 1.82) is 0 Å². The van der Waals surface area contributed by atoms with Crippen LogP contribution in [0.2, 0.25) is 0 Å². The molecule has 23 heavy (non-hydrogen) atoms. The van der Waals surface area contributed by atoms with Crippen molar-refractivity contribution >= 4 is 17.2 Å². The molecule has 1 aromatic carbocycles. The van der Waals surface area contributed by atoms with Crippen LogP contribution in [-0.2, 0) is 0 Å². The summed E-state index contributed by atoms with van der Waals surface area (Å²) in [6.45, 7) is 0.619. The van der Waals surface area contributed by atoms with Crippen molar-refractivity contribution < 1.29 is 14.1 Å². The maximum absolute atomic E-state index is 13.8. The van der Waals surface area contributed by atoms with Gasteiger partial charge >= 0.3 is 5.69 Å². The van der Waals surface area contributed by atoms with Gasteiger partial charge in [0.05, 0.1) is 4.92 Å². The number of carbonyl (C=O) groups is 1. The van der Waals surface area contributed by atoms with Crippen LogP contribution in [0.4, 0.5) is 10.1 Å². The van der Waals surface area contributed by atoms with Crippen molar-refractivity contribution in [3.8, 4) is 0 Å². The molecule has 118 valence electrons. The number of nitro groups is 1. The molecule has 0 atom stereocenters. The first kappa shape index (κ1) is 14.9. The highest BCUT2D eigenvalue weighted by molar-refractivity contribution is 5.96. The number of aromatic amines is 1. The SMILES string of the molecule is O=C(c1[nH]ncc1[N+](=O)[O-])N1CC=C(c2ccccc2F)CC1. The van der Waals surface area contributed by atoms with Gasteiger partial charge in [-0.25, -0.2) is 4.39 Å². The summed E-state index contributed by atoms with van der Waals surface area (Å²) >= 11 is 0. The maximum atomic E-state index is 13.8. The van der Waals surface area contributed by atoms with Crippen LogP contribution in [0.15, 0.2) is 36.5 Å². The van der Waals surface area contributed by atoms with Crippen LogP contribution in [0.25, 0.3) is 5.57 Å². The molecule has 0 saturated heterocycles. The molecule has 0 aliphatic carbocycles. The zero-order valence-corrected chi connectivity index (χ0v) is 12.0. The smallest absolute Gasteiger partial charge is 0.319 e. The summed E-state index contributed by atoms with van der Waals surface area (Å²) in [6.07, 6.45) is 3.26. The number of nitrogens with zero attached hydrogens (tertiary/aromatic N) is 3. The summed E-state index contributed by atoms with van der Waals surface area (Å²) in [4.78, 5) is 24.0. The van der Waals surface area contributed by atoms with Gasteiger partial charge in [-0.2, -0.15) is 5.10 Å². The van der Waals surface area contributed by atoms with Crippen molar-refractivity contribution in [3.63, 3.8) is 0 Å². The molecule has 2 aromatic rings. The lowest BCUT2D eigenvalue weighted by molar-refractivity contribution is -0.385. The number of rotatable bonds is 3. The number of amides is 1. The molecule has 1 N–H and O–H groups in total. The van der Waals surface area contributed by atoms with Crippen LogP contribution >= 0.6 is 0 Å². The van der Waals surface area contributed by atoms with Crippen molar-refractivity contribution in [1.82, 2.24) is 15.1 Å². The van der Waals surface area contributed by atoms with Crippen LogP contribution in [-0.4, -0.2) is 39.0 Å². The van der Waals surface area contributed by atoms with E-state index in [0.29, 0.717) is 18.5 Å². The largest absolute Gasteiger partial charge is 0.333 e. The first-order chi connectivity index (χ1) is 11.1. The quantitative estimate of drug-likeness (QED) is 0.695. The molecule has 1 aliphatic heterocycles. The molecule has 0 saturated carbocycles. The highest BCUT2D eigenvalue weighted by Crippen LogP contribution is 2.26. The second-order valence-electron chi connectivity index (χ2n) is 5.10. The number of hydrogen-bond acceptors (Lipinski definition) is 4. The molecule has 0 fully saturated rings. The van der Waals surface area contributed by atoms with Gasteiger partial charge in [0.25, 0.3) is 5.91 Å². The summed E-state index contributed by atoms with van der Waals surface area (Å²) in [5.41, 5.74) is 0.856. The molecule has 3 rings (SSSR count). The highest BCUT2D eigenvalue weighted by atomic mass is 19.1. The lowest BCUT2D eigenvalue weighted by atomic mass is 9.99. The van der Waals surface area contributed by atoms with E-state index < -0.39 is 10.8 Å². The molecule has 8 heteroatoms. The molecular formula is C15H13FN4O3. The topological polar surface area (TPSA) is 92.1 Å². The first-order valence-electron chi connectivity index (χ1n) is 6.99. The molecule has 1 aromatic heterocycles. The van der Waals surface area contributed by atoms with Gasteiger partial charge in [-0.05, 0) is 18.1 Å². The van der Waals surface area contributed by atoms with Crippen molar-refractivity contribution in [2.75, 3.05) is 13.1 Å². The van der Waals surface area contributed by atoms with E-state index in [4.69, 9.17) is 0 Å². The number of hydrogen-bond donors (Lipinski definition) is 1. The highest BCUT2D eigenvalue weighted by Gasteiger charge is 2.28. The van der Waals surface area contributed by atoms with Gasteiger partial charge in [-0.15, -0.1) is 0 Å². The van der Waals surface area contributed by atoms with Gasteiger partial charge in [0, 0.05) is 18.7 Å². The molecule has 2 heterocycles. The number of aromatic nitrogens is 2. The second-order valence-corrected chi connectivity index (χ2v) is 5.10. The maximum Gasteiger partial charge on any atom is 0.319 e. The van der Waals surface area contributed by atoms with Gasteiger partial charge in [-0.1, -0.05) is 24.3 Å². The summed E-state index contributed by atoms with van der Waals surface area (Å²) in [5, 5.41) is 16.8. The number of halogens is 1. The van der Waals surface area contributed by atoms with Crippen LogP contribution < -0.4 is 0 Å². The van der Waals surface area contributed by atoms with E-state index in [1.807, 2.05) is 0 Å². The lowest BCUT2D eigenvalue weighted by Gasteiger charge is -2.26. The molecule has 1 amide bonds. The Bertz CT molecular complexity index is 800. The van der Waals surface area contributed by atoms with Gasteiger partial charge in [-0.3, -0.25) is 20.0 Å². The van der Waals surface area contributed by atoms with Gasteiger partial charge in [0.1, 0.15) is 12.0 Å². The molecule has 0 radical (unpaired) electrons. The van der Waals surface area contributed by atoms with Crippen LogP contribution in [0.5, 0.6) is 0 Å². The molecule has 0 unspecified atom stereocenters. The second kappa shape index (κ2) is 5.99. The number of carbonyl (C=O) groups excluding carboxylic acids is 1. The molecule has 0 bridgehead atoms. The predicted octanol–water partition coefficient (Wildman–Crippen LogP) is 2.39. The third kappa shape index (κ3) is 2.83. The number of benzene rings is 1. The first-order valence-corrected chi connectivity index (χ1v) is 6.99. The van der Waals surface area contributed by atoms with Crippen LogP contribution in [0.3, 0.4) is 0 Å². The summed E-state index contributed by atoms with van der Waals surface area (Å²) in [6, 6.07) is 6.46. The molecule has 7 nitrogen and oxygen atoms in total. The fraction of sp³-hybridized carbons (Fsp3) is 0.200. The Labute approximate surface area is 130 Å². The zero-order valence-electron chi connectivity index (χ0n) is 12.0. The lowest BCUT2D eigenvalue weighted by Crippen LogP contribution is -2.35. The van der Waals surface area contributed by atoms with Crippen molar-refractivity contribution in [3.05, 3.63) is 63.7 Å². The number of H-pyrrole nitrogens is 1. The average Bonchev–Trinajstić information content (AvgIpc) is 3.05. The van der Waals surface area contributed by atoms with Crippen LogP contribution in [0.1, 0.15) is 22.5 Å². The number of nitrogens with one attached hydrogen (secondary N) is 1. The van der Waals surface area contributed by atoms with E-state index in [-0.39, 0.29) is 23.7 Å². The Balaban J connectivity index is 1.78. The minimum absolute atomic E-state index is 0.141. The standard InChI is InChI=1S/C15H13FN4O3/c16-12-4-2-1-3-11(12)10-5-7-19(8-6-10)15(21)14-13(20(22)23)9-17-18-14/h1-5,9H,6-8H2,(H,17,18). The van der Waals surface area contributed by atoms with Gasteiger partial charge in [0.2, 0.25) is 5.69 Å². The molecule has 1 aliphatic rings. The van der Waals surface area contributed by atoms with E-state index in [0.717, 1.165) is 11.8 Å². The normalized spacial score (nSPS) is 14.5. The summed E-state index contributed by atoms with van der Waals surface area (Å²) in [5.74, 6) is -0.791. The minimum atomic E-state index is -0.651. The van der Waals surface area contributed by atoms with Crippen molar-refractivity contribution in [2.45, 2.75) is 6.42 Å². The third-order valence-corrected chi connectivity index (χ3v) is 3.75. The fourth-order valence-corrected chi connectivity index (χ4v) is 2.55.